The number of hydrogen-bond donors (Lipinski definition) is 1. The van der Waals surface area contributed by atoms with Crippen molar-refractivity contribution in [2.45, 2.75) is 13.1 Å². The van der Waals surface area contributed by atoms with E-state index in [1.807, 2.05) is 12.4 Å². The molecule has 4 heteroatoms. The van der Waals surface area contributed by atoms with E-state index in [1.54, 1.807) is 0 Å². The van der Waals surface area contributed by atoms with E-state index in [4.69, 9.17) is 0 Å². The zero-order valence-corrected chi connectivity index (χ0v) is 8.20. The fourth-order valence-corrected chi connectivity index (χ4v) is 1.69. The van der Waals surface area contributed by atoms with Gasteiger partial charge in [0.25, 0.3) is 0 Å². The van der Waals surface area contributed by atoms with Crippen LogP contribution in [0.2, 0.25) is 0 Å². The topological polar surface area (TPSA) is 24.9 Å². The van der Waals surface area contributed by atoms with Gasteiger partial charge in [0.1, 0.15) is 0 Å². The van der Waals surface area contributed by atoms with Crippen molar-refractivity contribution in [2.75, 3.05) is 0 Å². The second-order valence-electron chi connectivity index (χ2n) is 2.36. The van der Waals surface area contributed by atoms with Gasteiger partial charge in [0.05, 0.1) is 0 Å². The first-order chi connectivity index (χ1) is 4.88. The van der Waals surface area contributed by atoms with Gasteiger partial charge in [0.2, 0.25) is 0 Å². The lowest BCUT2D eigenvalue weighted by Gasteiger charge is -1.97. The highest BCUT2D eigenvalue weighted by Gasteiger charge is 2.11. The molecule has 0 saturated heterocycles. The Morgan fingerprint density at radius 2 is 2.18 bits per heavy atom. The van der Waals surface area contributed by atoms with Crippen LogP contribution in [0.5, 0.6) is 0 Å². The molecule has 0 saturated carbocycles. The van der Waals surface area contributed by atoms with Crippen molar-refractivity contribution in [1.82, 2.24) is 10.3 Å². The maximum absolute atomic E-state index is 4.07. The van der Waals surface area contributed by atoms with Gasteiger partial charge in [-0.1, -0.05) is 0 Å². The lowest BCUT2D eigenvalue weighted by Crippen LogP contribution is -2.00. The molecule has 0 fully saturated rings. The molecule has 11 heavy (non-hydrogen) atoms. The fraction of sp³-hybridized carbons (Fsp3) is 0.286. The third-order valence-corrected chi connectivity index (χ3v) is 2.39. The summed E-state index contributed by atoms with van der Waals surface area (Å²) in [5.41, 5.74) is 2.67. The molecule has 0 bridgehead atoms. The summed E-state index contributed by atoms with van der Waals surface area (Å²) >= 11 is 3.44. The molecular formula is C7H8BrClN2. The number of fused-ring (bicyclic) bond motifs is 1. The number of pyridine rings is 1. The molecule has 0 radical (unpaired) electrons. The first-order valence-electron chi connectivity index (χ1n) is 3.20. The molecule has 0 spiro atoms. The summed E-state index contributed by atoms with van der Waals surface area (Å²) in [6.07, 6.45) is 3.76. The molecule has 60 valence electrons. The number of nitrogens with zero attached hydrogens (tertiary/aromatic N) is 1. The molecule has 0 aliphatic carbocycles. The van der Waals surface area contributed by atoms with Crippen LogP contribution in [0, 0.1) is 0 Å². The van der Waals surface area contributed by atoms with Gasteiger partial charge in [-0.25, -0.2) is 0 Å². The fourth-order valence-electron chi connectivity index (χ4n) is 1.17. The molecule has 1 aliphatic heterocycles. The Labute approximate surface area is 79.9 Å². The first kappa shape index (κ1) is 8.97. The van der Waals surface area contributed by atoms with Crippen LogP contribution >= 0.6 is 28.3 Å². The lowest BCUT2D eigenvalue weighted by molar-refractivity contribution is 0.763. The Balaban J connectivity index is 0.000000605. The van der Waals surface area contributed by atoms with E-state index in [2.05, 4.69) is 26.2 Å². The lowest BCUT2D eigenvalue weighted by atomic mass is 10.2. The monoisotopic (exact) mass is 234 g/mol. The van der Waals surface area contributed by atoms with Crippen molar-refractivity contribution in [3.8, 4) is 0 Å². The van der Waals surface area contributed by atoms with Gasteiger partial charge in [-0.3, -0.25) is 4.98 Å². The van der Waals surface area contributed by atoms with Gasteiger partial charge >= 0.3 is 0 Å². The summed E-state index contributed by atoms with van der Waals surface area (Å²) < 4.78 is 1.12. The van der Waals surface area contributed by atoms with Gasteiger partial charge in [-0.15, -0.1) is 12.4 Å². The number of nitrogens with one attached hydrogen (secondary N) is 1. The quantitative estimate of drug-likeness (QED) is 0.743. The van der Waals surface area contributed by atoms with Crippen LogP contribution in [0.25, 0.3) is 0 Å². The van der Waals surface area contributed by atoms with Crippen LogP contribution in [-0.4, -0.2) is 4.98 Å². The van der Waals surface area contributed by atoms with Crippen LogP contribution in [0.15, 0.2) is 16.9 Å². The van der Waals surface area contributed by atoms with E-state index in [-0.39, 0.29) is 12.4 Å². The second kappa shape index (κ2) is 3.52. The van der Waals surface area contributed by atoms with E-state index < -0.39 is 0 Å². The van der Waals surface area contributed by atoms with E-state index >= 15 is 0 Å². The average molecular weight is 236 g/mol. The largest absolute Gasteiger partial charge is 0.308 e. The molecule has 2 heterocycles. The van der Waals surface area contributed by atoms with Crippen LogP contribution in [0.3, 0.4) is 0 Å². The van der Waals surface area contributed by atoms with E-state index in [0.29, 0.717) is 0 Å². The molecule has 2 nitrogen and oxygen atoms in total. The Kier molecular flexibility index (Phi) is 2.87. The summed E-state index contributed by atoms with van der Waals surface area (Å²) in [6.45, 7) is 1.93. The summed E-state index contributed by atoms with van der Waals surface area (Å²) in [5.74, 6) is 0. The summed E-state index contributed by atoms with van der Waals surface area (Å²) in [6, 6.07) is 0. The zero-order chi connectivity index (χ0) is 6.97. The normalized spacial score (nSPS) is 13.9. The third-order valence-electron chi connectivity index (χ3n) is 1.71. The summed E-state index contributed by atoms with van der Waals surface area (Å²) in [7, 11) is 0. The molecule has 0 unspecified atom stereocenters. The highest BCUT2D eigenvalue weighted by atomic mass is 79.9. The Morgan fingerprint density at radius 1 is 1.36 bits per heavy atom. The van der Waals surface area contributed by atoms with E-state index in [9.17, 15) is 0 Å². The van der Waals surface area contributed by atoms with E-state index in [0.717, 1.165) is 17.6 Å². The van der Waals surface area contributed by atoms with Crippen molar-refractivity contribution in [2.24, 2.45) is 0 Å². The zero-order valence-electron chi connectivity index (χ0n) is 5.80. The molecular weight excluding hydrogens is 227 g/mol. The number of hydrogen-bond acceptors (Lipinski definition) is 2. The molecule has 0 amide bonds. The predicted molar refractivity (Wildman–Crippen MR) is 49.7 cm³/mol. The first-order valence-corrected chi connectivity index (χ1v) is 3.99. The smallest absolute Gasteiger partial charge is 0.0413 e. The molecule has 1 aliphatic rings. The van der Waals surface area contributed by atoms with Crippen molar-refractivity contribution >= 4 is 28.3 Å². The average Bonchev–Trinajstić information content (AvgIpc) is 2.36. The highest BCUT2D eigenvalue weighted by molar-refractivity contribution is 9.10. The van der Waals surface area contributed by atoms with Crippen molar-refractivity contribution in [3.05, 3.63) is 28.0 Å². The highest BCUT2D eigenvalue weighted by Crippen LogP contribution is 2.22. The predicted octanol–water partition coefficient (Wildman–Crippen LogP) is 1.87. The van der Waals surface area contributed by atoms with Crippen LogP contribution < -0.4 is 5.32 Å². The molecule has 1 aromatic heterocycles. The molecule has 1 N–H and O–H groups in total. The molecule has 0 atom stereocenters. The number of halogens is 2. The molecule has 2 rings (SSSR count). The standard InChI is InChI=1S/C7H7BrN2.ClH/c8-7-4-10-2-5-1-9-3-6(5)7;/h2,4,9H,1,3H2;1H. The Hall–Kier alpha value is -0.120. The summed E-state index contributed by atoms with van der Waals surface area (Å²) in [4.78, 5) is 4.07. The van der Waals surface area contributed by atoms with Gasteiger partial charge in [-0.05, 0) is 27.1 Å². The van der Waals surface area contributed by atoms with Crippen LogP contribution in [0.1, 0.15) is 11.1 Å². The van der Waals surface area contributed by atoms with Crippen molar-refractivity contribution < 1.29 is 0 Å². The van der Waals surface area contributed by atoms with Crippen LogP contribution in [0.4, 0.5) is 0 Å². The van der Waals surface area contributed by atoms with Gasteiger partial charge in [0, 0.05) is 30.0 Å². The number of aromatic nitrogens is 1. The Morgan fingerprint density at radius 3 is 2.91 bits per heavy atom. The van der Waals surface area contributed by atoms with E-state index in [1.165, 1.54) is 11.1 Å². The second-order valence-corrected chi connectivity index (χ2v) is 3.22. The Bertz CT molecular complexity index is 265. The molecule has 0 aromatic carbocycles. The summed E-state index contributed by atoms with van der Waals surface area (Å²) in [5, 5.41) is 3.26. The molecule has 1 aromatic rings. The van der Waals surface area contributed by atoms with Gasteiger partial charge < -0.3 is 5.32 Å². The van der Waals surface area contributed by atoms with Gasteiger partial charge in [0.15, 0.2) is 0 Å². The third kappa shape index (κ3) is 1.55. The minimum atomic E-state index is 0. The minimum Gasteiger partial charge on any atom is -0.308 e. The van der Waals surface area contributed by atoms with Gasteiger partial charge in [-0.2, -0.15) is 0 Å². The van der Waals surface area contributed by atoms with Crippen molar-refractivity contribution in [1.29, 1.82) is 0 Å². The maximum Gasteiger partial charge on any atom is 0.0413 e. The maximum atomic E-state index is 4.07. The van der Waals surface area contributed by atoms with Crippen molar-refractivity contribution in [3.63, 3.8) is 0 Å². The minimum absolute atomic E-state index is 0. The van der Waals surface area contributed by atoms with Crippen LogP contribution in [-0.2, 0) is 13.1 Å². The SMILES string of the molecule is Brc1cncc2c1CNC2.Cl. The number of rotatable bonds is 0.